The zero-order valence-electron chi connectivity index (χ0n) is 20.0. The minimum atomic E-state index is -0.476. The Balaban J connectivity index is 1.41. The van der Waals surface area contributed by atoms with Crippen LogP contribution in [0, 0.1) is 0 Å². The Hall–Kier alpha value is -5.03. The minimum absolute atomic E-state index is 0.131. The van der Waals surface area contributed by atoms with Gasteiger partial charge in [0.2, 0.25) is 0 Å². The maximum atomic E-state index is 13.4. The summed E-state index contributed by atoms with van der Waals surface area (Å²) in [5, 5.41) is 17.9. The van der Waals surface area contributed by atoms with Crippen LogP contribution < -0.4 is 16.4 Å². The van der Waals surface area contributed by atoms with Crippen molar-refractivity contribution in [3.8, 4) is 16.9 Å². The molecule has 190 valence electrons. The predicted molar refractivity (Wildman–Crippen MR) is 143 cm³/mol. The molecule has 4 N–H and O–H groups in total. The van der Waals surface area contributed by atoms with Crippen molar-refractivity contribution in [2.24, 2.45) is 0 Å². The van der Waals surface area contributed by atoms with Crippen LogP contribution in [-0.4, -0.2) is 48.1 Å². The second-order valence-electron chi connectivity index (χ2n) is 8.18. The lowest BCUT2D eigenvalue weighted by Gasteiger charge is -2.11. The van der Waals surface area contributed by atoms with Crippen LogP contribution in [0.25, 0.3) is 16.9 Å². The number of rotatable bonds is 8. The van der Waals surface area contributed by atoms with E-state index in [4.69, 9.17) is 17.3 Å². The second kappa shape index (κ2) is 10.9. The van der Waals surface area contributed by atoms with Crippen molar-refractivity contribution in [3.05, 3.63) is 101 Å². The number of pyridine rings is 1. The Morgan fingerprint density at radius 2 is 1.82 bits per heavy atom. The highest BCUT2D eigenvalue weighted by Crippen LogP contribution is 2.26. The molecule has 3 heterocycles. The van der Waals surface area contributed by atoms with Crippen molar-refractivity contribution in [3.63, 3.8) is 0 Å². The van der Waals surface area contributed by atoms with E-state index in [1.807, 2.05) is 30.3 Å². The lowest BCUT2D eigenvalue weighted by atomic mass is 10.1. The number of benzene rings is 2. The lowest BCUT2D eigenvalue weighted by Crippen LogP contribution is -2.27. The zero-order chi connectivity index (χ0) is 26.5. The van der Waals surface area contributed by atoms with E-state index in [0.717, 1.165) is 0 Å². The molecule has 0 aliphatic carbocycles. The molecule has 0 aliphatic heterocycles. The highest BCUT2D eigenvalue weighted by atomic mass is 35.5. The number of carbonyl (C=O) groups excluding carboxylic acids is 2. The summed E-state index contributed by atoms with van der Waals surface area (Å²) in [7, 11) is 0. The average Bonchev–Trinajstić information content (AvgIpc) is 3.60. The van der Waals surface area contributed by atoms with Gasteiger partial charge in [-0.15, -0.1) is 5.10 Å². The van der Waals surface area contributed by atoms with E-state index in [9.17, 15) is 9.59 Å². The Labute approximate surface area is 222 Å². The van der Waals surface area contributed by atoms with Crippen molar-refractivity contribution >= 4 is 35.1 Å². The third-order valence-electron chi connectivity index (χ3n) is 5.56. The van der Waals surface area contributed by atoms with Crippen LogP contribution in [0.4, 0.5) is 11.6 Å². The molecule has 0 saturated heterocycles. The van der Waals surface area contributed by atoms with Crippen LogP contribution in [0.5, 0.6) is 0 Å². The third kappa shape index (κ3) is 5.52. The Morgan fingerprint density at radius 1 is 0.974 bits per heavy atom. The molecule has 5 aromatic rings. The molecule has 5 rings (SSSR count). The number of carbonyl (C=O) groups is 2. The summed E-state index contributed by atoms with van der Waals surface area (Å²) < 4.78 is 3.09. The highest BCUT2D eigenvalue weighted by molar-refractivity contribution is 6.34. The molecular formula is C26H22ClN9O2. The van der Waals surface area contributed by atoms with Crippen molar-refractivity contribution in [2.45, 2.75) is 6.54 Å². The number of amides is 2. The summed E-state index contributed by atoms with van der Waals surface area (Å²) in [6.45, 7) is 0.772. The SMILES string of the molecule is Nc1cccc(-c2ccc(Cl)c(C(=O)Nc3cc(C(=O)NCCn4ccnn4)nn3-c3ccccc3)c2)n1. The molecule has 2 aromatic carbocycles. The predicted octanol–water partition coefficient (Wildman–Crippen LogP) is 3.44. The van der Waals surface area contributed by atoms with Crippen LogP contribution in [0.1, 0.15) is 20.8 Å². The van der Waals surface area contributed by atoms with E-state index in [0.29, 0.717) is 41.7 Å². The fraction of sp³-hybridized carbons (Fsp3) is 0.0769. The highest BCUT2D eigenvalue weighted by Gasteiger charge is 2.19. The quantitative estimate of drug-likeness (QED) is 0.280. The number of nitrogen functional groups attached to an aromatic ring is 1. The van der Waals surface area contributed by atoms with Gasteiger partial charge < -0.3 is 16.4 Å². The van der Waals surface area contributed by atoms with Gasteiger partial charge in [-0.05, 0) is 36.4 Å². The van der Waals surface area contributed by atoms with E-state index in [1.54, 1.807) is 53.5 Å². The van der Waals surface area contributed by atoms with Gasteiger partial charge in [-0.3, -0.25) is 14.3 Å². The van der Waals surface area contributed by atoms with Crippen LogP contribution in [-0.2, 0) is 6.54 Å². The van der Waals surface area contributed by atoms with Gasteiger partial charge >= 0.3 is 0 Å². The van der Waals surface area contributed by atoms with Crippen molar-refractivity contribution in [1.82, 2.24) is 35.1 Å². The topological polar surface area (TPSA) is 146 Å². The third-order valence-corrected chi connectivity index (χ3v) is 5.89. The second-order valence-corrected chi connectivity index (χ2v) is 8.59. The van der Waals surface area contributed by atoms with Gasteiger partial charge in [0.25, 0.3) is 11.8 Å². The summed E-state index contributed by atoms with van der Waals surface area (Å²) in [5.41, 5.74) is 8.12. The summed E-state index contributed by atoms with van der Waals surface area (Å²) in [4.78, 5) is 30.5. The molecule has 0 bridgehead atoms. The van der Waals surface area contributed by atoms with Gasteiger partial charge in [-0.25, -0.2) is 9.67 Å². The Kier molecular flexibility index (Phi) is 7.09. The number of anilines is 2. The van der Waals surface area contributed by atoms with Crippen LogP contribution in [0.15, 0.2) is 85.2 Å². The van der Waals surface area contributed by atoms with Crippen LogP contribution in [0.3, 0.4) is 0 Å². The zero-order valence-corrected chi connectivity index (χ0v) is 20.7. The van der Waals surface area contributed by atoms with Crippen molar-refractivity contribution < 1.29 is 9.59 Å². The first-order valence-electron chi connectivity index (χ1n) is 11.6. The van der Waals surface area contributed by atoms with Gasteiger partial charge in [-0.2, -0.15) is 5.10 Å². The monoisotopic (exact) mass is 527 g/mol. The van der Waals surface area contributed by atoms with Crippen molar-refractivity contribution in [1.29, 1.82) is 0 Å². The molecule has 0 unspecified atom stereocenters. The fourth-order valence-electron chi connectivity index (χ4n) is 3.73. The number of hydrogen-bond donors (Lipinski definition) is 3. The molecule has 0 spiro atoms. The van der Waals surface area contributed by atoms with E-state index in [-0.39, 0.29) is 16.3 Å². The molecule has 2 amide bonds. The standard InChI is InChI=1S/C26H22ClN9O2/c27-20-10-9-17(21-7-4-8-23(28)31-21)15-19(20)25(37)32-24-16-22(33-36(24)18-5-2-1-3-6-18)26(38)29-11-13-35-14-12-30-34-35/h1-10,12,14-16H,11,13H2,(H2,28,31)(H,29,38)(H,32,37). The van der Waals surface area contributed by atoms with E-state index in [2.05, 4.69) is 31.0 Å². The molecule has 12 heteroatoms. The number of halogens is 1. The number of nitrogens with one attached hydrogen (secondary N) is 2. The largest absolute Gasteiger partial charge is 0.384 e. The fourth-order valence-corrected chi connectivity index (χ4v) is 3.93. The number of nitrogens with zero attached hydrogens (tertiary/aromatic N) is 6. The van der Waals surface area contributed by atoms with Gasteiger partial charge in [-0.1, -0.05) is 47.1 Å². The lowest BCUT2D eigenvalue weighted by molar-refractivity contribution is 0.0945. The molecule has 0 fully saturated rings. The summed E-state index contributed by atoms with van der Waals surface area (Å²) in [5.74, 6) is -0.215. The molecule has 0 aliphatic rings. The molecule has 0 saturated carbocycles. The molecule has 11 nitrogen and oxygen atoms in total. The van der Waals surface area contributed by atoms with Crippen LogP contribution in [0.2, 0.25) is 5.02 Å². The van der Waals surface area contributed by atoms with E-state index in [1.165, 1.54) is 10.7 Å². The first-order chi connectivity index (χ1) is 18.5. The minimum Gasteiger partial charge on any atom is -0.384 e. The number of hydrogen-bond acceptors (Lipinski definition) is 7. The van der Waals surface area contributed by atoms with Gasteiger partial charge in [0.15, 0.2) is 5.69 Å². The summed E-state index contributed by atoms with van der Waals surface area (Å²) in [6, 6.07) is 20.9. The maximum absolute atomic E-state index is 13.4. The molecule has 3 aromatic heterocycles. The number of nitrogens with two attached hydrogens (primary N) is 1. The molecule has 0 radical (unpaired) electrons. The molecule has 0 atom stereocenters. The van der Waals surface area contributed by atoms with E-state index >= 15 is 0 Å². The smallest absolute Gasteiger partial charge is 0.271 e. The Morgan fingerprint density at radius 3 is 2.58 bits per heavy atom. The Bertz CT molecular complexity index is 1580. The van der Waals surface area contributed by atoms with Gasteiger partial charge in [0, 0.05) is 24.4 Å². The average molecular weight is 528 g/mol. The van der Waals surface area contributed by atoms with Gasteiger partial charge in [0.05, 0.1) is 34.7 Å². The summed E-state index contributed by atoms with van der Waals surface area (Å²) in [6.07, 6.45) is 3.26. The maximum Gasteiger partial charge on any atom is 0.271 e. The van der Waals surface area contributed by atoms with Crippen LogP contribution >= 0.6 is 11.6 Å². The molecule has 38 heavy (non-hydrogen) atoms. The normalized spacial score (nSPS) is 10.8. The first-order valence-corrected chi connectivity index (χ1v) is 12.0. The number of para-hydroxylation sites is 1. The van der Waals surface area contributed by atoms with E-state index < -0.39 is 11.8 Å². The number of aromatic nitrogens is 6. The first kappa shape index (κ1) is 24.7. The summed E-state index contributed by atoms with van der Waals surface area (Å²) >= 11 is 6.38. The van der Waals surface area contributed by atoms with Crippen molar-refractivity contribution in [2.75, 3.05) is 17.6 Å². The van der Waals surface area contributed by atoms with Gasteiger partial charge in [0.1, 0.15) is 11.6 Å². The molecular weight excluding hydrogens is 506 g/mol.